The fourth-order valence-electron chi connectivity index (χ4n) is 4.63. The number of rotatable bonds is 3. The smallest absolute Gasteiger partial charge is 0.255 e. The lowest BCUT2D eigenvalue weighted by Crippen LogP contribution is -2.28. The normalized spacial score (nSPS) is 16.1. The molecule has 3 aromatic carbocycles. The fraction of sp³-hybridized carbons (Fsp3) is 0.0800. The Hall–Kier alpha value is -3.79. The Labute approximate surface area is 167 Å². The van der Waals surface area contributed by atoms with Crippen LogP contribution >= 0.6 is 0 Å². The van der Waals surface area contributed by atoms with Gasteiger partial charge in [-0.15, -0.1) is 0 Å². The first kappa shape index (κ1) is 16.2. The summed E-state index contributed by atoms with van der Waals surface area (Å²) in [7, 11) is 0. The molecule has 0 saturated carbocycles. The highest BCUT2D eigenvalue weighted by molar-refractivity contribution is 6.01. The maximum Gasteiger partial charge on any atom is 0.255 e. The predicted octanol–water partition coefficient (Wildman–Crippen LogP) is 5.39. The van der Waals surface area contributed by atoms with Crippen molar-refractivity contribution >= 4 is 27.7 Å². The molecule has 1 aliphatic heterocycles. The quantitative estimate of drug-likeness (QED) is 0.435. The van der Waals surface area contributed by atoms with E-state index in [4.69, 9.17) is 0 Å². The number of nitrogens with zero attached hydrogens (tertiary/aromatic N) is 1. The van der Waals surface area contributed by atoms with Crippen LogP contribution in [0.15, 0.2) is 85.2 Å². The Morgan fingerprint density at radius 1 is 0.724 bits per heavy atom. The third kappa shape index (κ3) is 2.36. The van der Waals surface area contributed by atoms with Gasteiger partial charge < -0.3 is 14.9 Å². The third-order valence-corrected chi connectivity index (χ3v) is 5.99. The van der Waals surface area contributed by atoms with Crippen LogP contribution in [0, 0.1) is 0 Å². The lowest BCUT2D eigenvalue weighted by molar-refractivity contribution is 0.0737. The van der Waals surface area contributed by atoms with Crippen molar-refractivity contribution in [3.63, 3.8) is 0 Å². The van der Waals surface area contributed by atoms with E-state index >= 15 is 0 Å². The molecule has 0 bridgehead atoms. The van der Waals surface area contributed by atoms with Gasteiger partial charge in [0.15, 0.2) is 0 Å². The van der Waals surface area contributed by atoms with E-state index in [1.54, 1.807) is 0 Å². The number of amides is 1. The molecule has 5 aromatic rings. The molecule has 140 valence electrons. The minimum absolute atomic E-state index is 0.0844. The lowest BCUT2D eigenvalue weighted by atomic mass is 9.97. The number of carbonyl (C=O) groups excluding carboxylic acids is 1. The summed E-state index contributed by atoms with van der Waals surface area (Å²) in [4.78, 5) is 22.1. The number of para-hydroxylation sites is 2. The number of hydrogen-bond acceptors (Lipinski definition) is 1. The summed E-state index contributed by atoms with van der Waals surface area (Å²) in [5, 5.41) is 2.32. The van der Waals surface area contributed by atoms with Gasteiger partial charge in [0.05, 0.1) is 6.04 Å². The van der Waals surface area contributed by atoms with Crippen LogP contribution < -0.4 is 0 Å². The number of H-pyrrole nitrogens is 2. The zero-order valence-electron chi connectivity index (χ0n) is 15.7. The number of aromatic amines is 2. The summed E-state index contributed by atoms with van der Waals surface area (Å²) in [6.45, 7) is 0.557. The van der Waals surface area contributed by atoms with E-state index in [9.17, 15) is 4.79 Å². The van der Waals surface area contributed by atoms with E-state index in [1.165, 1.54) is 0 Å². The Balaban J connectivity index is 1.52. The van der Waals surface area contributed by atoms with Gasteiger partial charge in [0.1, 0.15) is 0 Å². The highest BCUT2D eigenvalue weighted by Crippen LogP contribution is 2.42. The summed E-state index contributed by atoms with van der Waals surface area (Å²) in [5.41, 5.74) is 6.32. The molecule has 0 unspecified atom stereocenters. The van der Waals surface area contributed by atoms with Crippen molar-refractivity contribution in [2.45, 2.75) is 12.6 Å². The second-order valence-corrected chi connectivity index (χ2v) is 7.57. The third-order valence-electron chi connectivity index (χ3n) is 5.99. The number of fused-ring (bicyclic) bond motifs is 3. The van der Waals surface area contributed by atoms with Crippen molar-refractivity contribution in [2.75, 3.05) is 0 Å². The maximum absolute atomic E-state index is 13.4. The first-order chi connectivity index (χ1) is 14.3. The fourth-order valence-corrected chi connectivity index (χ4v) is 4.63. The molecule has 29 heavy (non-hydrogen) atoms. The van der Waals surface area contributed by atoms with Gasteiger partial charge in [-0.1, -0.05) is 54.6 Å². The summed E-state index contributed by atoms with van der Waals surface area (Å²) in [5.74, 6) is 0.0844. The average Bonchev–Trinajstić information content (AvgIpc) is 3.44. The molecule has 0 fully saturated rings. The Morgan fingerprint density at radius 3 is 2.24 bits per heavy atom. The van der Waals surface area contributed by atoms with E-state index in [2.05, 4.69) is 40.3 Å². The highest BCUT2D eigenvalue weighted by atomic mass is 16.2. The molecule has 1 atom stereocenters. The number of hydrogen-bond donors (Lipinski definition) is 2. The van der Waals surface area contributed by atoms with E-state index in [1.807, 2.05) is 59.8 Å². The minimum atomic E-state index is -0.108. The SMILES string of the molecule is O=C1c2ccccc2[C@H](c2c[nH]c3ccccc23)N1Cc1c[nH]c2ccccc12. The number of benzene rings is 3. The Morgan fingerprint density at radius 2 is 1.38 bits per heavy atom. The summed E-state index contributed by atoms with van der Waals surface area (Å²) in [6.07, 6.45) is 4.07. The van der Waals surface area contributed by atoms with E-state index in [0.29, 0.717) is 6.54 Å². The molecule has 0 aliphatic carbocycles. The molecule has 4 heteroatoms. The number of nitrogens with one attached hydrogen (secondary N) is 2. The van der Waals surface area contributed by atoms with Gasteiger partial charge in [-0.05, 0) is 29.3 Å². The molecule has 1 amide bonds. The van der Waals surface area contributed by atoms with Crippen molar-refractivity contribution < 1.29 is 4.79 Å². The van der Waals surface area contributed by atoms with E-state index in [-0.39, 0.29) is 11.9 Å². The minimum Gasteiger partial charge on any atom is -0.361 e. The van der Waals surface area contributed by atoms with Crippen LogP contribution in [0.4, 0.5) is 0 Å². The zero-order valence-corrected chi connectivity index (χ0v) is 15.7. The second kappa shape index (κ2) is 6.11. The van der Waals surface area contributed by atoms with Gasteiger partial charge in [-0.25, -0.2) is 0 Å². The molecule has 0 radical (unpaired) electrons. The molecular weight excluding hydrogens is 358 g/mol. The van der Waals surface area contributed by atoms with Crippen LogP contribution in [0.25, 0.3) is 21.8 Å². The van der Waals surface area contributed by atoms with E-state index < -0.39 is 0 Å². The number of aromatic nitrogens is 2. The van der Waals surface area contributed by atoms with Crippen LogP contribution in [0.3, 0.4) is 0 Å². The topological polar surface area (TPSA) is 51.9 Å². The highest BCUT2D eigenvalue weighted by Gasteiger charge is 2.38. The van der Waals surface area contributed by atoms with Crippen molar-refractivity contribution in [3.8, 4) is 0 Å². The average molecular weight is 377 g/mol. The van der Waals surface area contributed by atoms with Crippen molar-refractivity contribution in [1.82, 2.24) is 14.9 Å². The van der Waals surface area contributed by atoms with Gasteiger partial charge in [0.2, 0.25) is 0 Å². The Kier molecular flexibility index (Phi) is 3.41. The largest absolute Gasteiger partial charge is 0.361 e. The summed E-state index contributed by atoms with van der Waals surface area (Å²) < 4.78 is 0. The Bertz CT molecular complexity index is 1380. The van der Waals surface area contributed by atoms with Crippen LogP contribution in [-0.2, 0) is 6.54 Å². The molecule has 0 saturated heterocycles. The summed E-state index contributed by atoms with van der Waals surface area (Å²) in [6, 6.07) is 24.4. The zero-order chi connectivity index (χ0) is 19.4. The van der Waals surface area contributed by atoms with Gasteiger partial charge in [0, 0.05) is 51.9 Å². The van der Waals surface area contributed by atoms with Gasteiger partial charge >= 0.3 is 0 Å². The molecule has 1 aliphatic rings. The maximum atomic E-state index is 13.4. The molecule has 2 N–H and O–H groups in total. The monoisotopic (exact) mass is 377 g/mol. The van der Waals surface area contributed by atoms with Crippen molar-refractivity contribution in [3.05, 3.63) is 107 Å². The molecule has 2 aromatic heterocycles. The van der Waals surface area contributed by atoms with Crippen LogP contribution in [0.1, 0.15) is 33.1 Å². The summed E-state index contributed by atoms with van der Waals surface area (Å²) >= 11 is 0. The molecular formula is C25H19N3O. The molecule has 4 nitrogen and oxygen atoms in total. The van der Waals surface area contributed by atoms with Crippen LogP contribution in [0.5, 0.6) is 0 Å². The van der Waals surface area contributed by atoms with Gasteiger partial charge in [-0.2, -0.15) is 0 Å². The predicted molar refractivity (Wildman–Crippen MR) is 115 cm³/mol. The van der Waals surface area contributed by atoms with Gasteiger partial charge in [0.25, 0.3) is 5.91 Å². The van der Waals surface area contributed by atoms with Crippen LogP contribution in [-0.4, -0.2) is 20.8 Å². The second-order valence-electron chi connectivity index (χ2n) is 7.57. The standard InChI is InChI=1S/C25H19N3O/c29-25-20-10-2-1-9-19(20)24(21-14-27-23-12-6-4-8-18(21)23)28(25)15-16-13-26-22-11-5-3-7-17(16)22/h1-14,24,26-27H,15H2/t24-/m1/s1. The lowest BCUT2D eigenvalue weighted by Gasteiger charge is -2.25. The van der Waals surface area contributed by atoms with E-state index in [0.717, 1.165) is 44.1 Å². The van der Waals surface area contributed by atoms with Gasteiger partial charge in [-0.3, -0.25) is 4.79 Å². The van der Waals surface area contributed by atoms with Crippen LogP contribution in [0.2, 0.25) is 0 Å². The van der Waals surface area contributed by atoms with Crippen molar-refractivity contribution in [2.24, 2.45) is 0 Å². The number of carbonyl (C=O) groups is 1. The molecule has 6 rings (SSSR count). The first-order valence-corrected chi connectivity index (χ1v) is 9.82. The molecule has 0 spiro atoms. The van der Waals surface area contributed by atoms with Crippen molar-refractivity contribution in [1.29, 1.82) is 0 Å². The molecule has 3 heterocycles. The first-order valence-electron chi connectivity index (χ1n) is 9.82.